The fourth-order valence-electron chi connectivity index (χ4n) is 4.59. The zero-order valence-corrected chi connectivity index (χ0v) is 16.1. The van der Waals surface area contributed by atoms with E-state index in [0.717, 1.165) is 35.7 Å². The Morgan fingerprint density at radius 1 is 1.15 bits per heavy atom. The highest BCUT2D eigenvalue weighted by Gasteiger charge is 2.50. The number of quaternary nitrogens is 1. The van der Waals surface area contributed by atoms with Gasteiger partial charge >= 0.3 is 6.03 Å². The second-order valence-electron chi connectivity index (χ2n) is 8.02. The van der Waals surface area contributed by atoms with Crippen molar-refractivity contribution in [2.45, 2.75) is 51.1 Å². The lowest BCUT2D eigenvalue weighted by Crippen LogP contribution is -3.18. The third-order valence-electron chi connectivity index (χ3n) is 6.33. The van der Waals surface area contributed by atoms with E-state index in [1.54, 1.807) is 0 Å². The van der Waals surface area contributed by atoms with Crippen molar-refractivity contribution >= 4 is 22.7 Å². The summed E-state index contributed by atoms with van der Waals surface area (Å²) < 4.78 is 0. The minimum absolute atomic E-state index is 0.143. The van der Waals surface area contributed by atoms with Crippen molar-refractivity contribution in [2.24, 2.45) is 0 Å². The average molecular weight is 366 g/mol. The molecule has 2 heterocycles. The van der Waals surface area contributed by atoms with Gasteiger partial charge in [-0.2, -0.15) is 0 Å². The van der Waals surface area contributed by atoms with Gasteiger partial charge in [0.05, 0.1) is 12.6 Å². The summed E-state index contributed by atoms with van der Waals surface area (Å²) >= 11 is 0. The maximum absolute atomic E-state index is 13.3. The van der Waals surface area contributed by atoms with Crippen LogP contribution in [0.2, 0.25) is 0 Å². The molecule has 4 rings (SSSR count). The molecule has 0 aliphatic carbocycles. The molecule has 1 unspecified atom stereocenters. The molecule has 5 nitrogen and oxygen atoms in total. The molecule has 2 aromatic rings. The summed E-state index contributed by atoms with van der Waals surface area (Å²) in [5.74, 6) is -0.143. The maximum Gasteiger partial charge on any atom is 0.329 e. The van der Waals surface area contributed by atoms with Crippen molar-refractivity contribution in [1.82, 2.24) is 10.2 Å². The quantitative estimate of drug-likeness (QED) is 0.817. The van der Waals surface area contributed by atoms with E-state index >= 15 is 0 Å². The Labute approximate surface area is 160 Å². The van der Waals surface area contributed by atoms with E-state index in [0.29, 0.717) is 12.7 Å². The number of piperidine rings is 1. The lowest BCUT2D eigenvalue weighted by molar-refractivity contribution is -0.937. The molecule has 2 aromatic carbocycles. The monoisotopic (exact) mass is 366 g/mol. The third kappa shape index (κ3) is 3.10. The number of benzene rings is 2. The average Bonchev–Trinajstić information content (AvgIpc) is 2.92. The summed E-state index contributed by atoms with van der Waals surface area (Å²) in [6.45, 7) is 5.51. The normalized spacial score (nSPS) is 28.6. The number of fused-ring (bicyclic) bond motifs is 1. The van der Waals surface area contributed by atoms with Gasteiger partial charge in [-0.25, -0.2) is 9.69 Å². The number of nitrogens with one attached hydrogen (secondary N) is 2. The maximum atomic E-state index is 13.3. The van der Waals surface area contributed by atoms with Crippen molar-refractivity contribution < 1.29 is 14.5 Å². The van der Waals surface area contributed by atoms with Gasteiger partial charge in [0.25, 0.3) is 5.91 Å². The van der Waals surface area contributed by atoms with Gasteiger partial charge in [-0.15, -0.1) is 0 Å². The number of urea groups is 1. The van der Waals surface area contributed by atoms with Crippen LogP contribution in [-0.2, 0) is 10.3 Å². The third-order valence-corrected chi connectivity index (χ3v) is 6.33. The molecule has 2 aliphatic rings. The molecule has 0 saturated carbocycles. The van der Waals surface area contributed by atoms with Crippen LogP contribution in [0.1, 0.15) is 45.1 Å². The number of carbonyl (C=O) groups excluding carboxylic acids is 2. The van der Waals surface area contributed by atoms with E-state index in [1.165, 1.54) is 22.6 Å². The second-order valence-corrected chi connectivity index (χ2v) is 8.02. The molecular weight excluding hydrogens is 338 g/mol. The van der Waals surface area contributed by atoms with Crippen LogP contribution >= 0.6 is 0 Å². The lowest BCUT2D eigenvalue weighted by Gasteiger charge is -2.34. The standard InChI is InChI=1S/C22H27N3O2/c1-3-19-10-6-7-13-24(19)15-25-20(26)22(2,23-21(25)27)18-12-11-16-8-4-5-9-17(16)14-18/h4-5,8-9,11-12,14,19H,3,6-7,10,13,15H2,1-2H3,(H,23,27)/p+1/t19-,22+/m0/s1. The van der Waals surface area contributed by atoms with Gasteiger partial charge in [-0.05, 0) is 55.0 Å². The number of carbonyl (C=O) groups is 2. The molecule has 27 heavy (non-hydrogen) atoms. The highest BCUT2D eigenvalue weighted by Crippen LogP contribution is 2.30. The molecule has 142 valence electrons. The number of amides is 3. The Kier molecular flexibility index (Phi) is 4.64. The van der Waals surface area contributed by atoms with E-state index in [2.05, 4.69) is 12.2 Å². The first-order chi connectivity index (χ1) is 13.0. The van der Waals surface area contributed by atoms with Crippen LogP contribution in [0.3, 0.4) is 0 Å². The molecule has 2 aliphatic heterocycles. The number of rotatable bonds is 4. The van der Waals surface area contributed by atoms with Crippen molar-refractivity contribution in [3.63, 3.8) is 0 Å². The predicted octanol–water partition coefficient (Wildman–Crippen LogP) is 2.41. The molecule has 2 fully saturated rings. The van der Waals surface area contributed by atoms with Gasteiger partial charge in [0.2, 0.25) is 0 Å². The first-order valence-electron chi connectivity index (χ1n) is 10.0. The lowest BCUT2D eigenvalue weighted by atomic mass is 9.90. The number of nitrogens with zero attached hydrogens (tertiary/aromatic N) is 1. The van der Waals surface area contributed by atoms with Crippen LogP contribution in [0.25, 0.3) is 10.8 Å². The Hall–Kier alpha value is -2.40. The first kappa shape index (κ1) is 18.0. The molecule has 0 spiro atoms. The summed E-state index contributed by atoms with van der Waals surface area (Å²) in [5.41, 5.74) is -0.166. The zero-order chi connectivity index (χ0) is 19.0. The van der Waals surface area contributed by atoms with E-state index < -0.39 is 5.54 Å². The number of hydrogen-bond donors (Lipinski definition) is 2. The van der Waals surface area contributed by atoms with Crippen molar-refractivity contribution in [3.8, 4) is 0 Å². The van der Waals surface area contributed by atoms with Crippen LogP contribution in [0, 0.1) is 0 Å². The molecule has 0 bridgehead atoms. The van der Waals surface area contributed by atoms with Gasteiger partial charge in [-0.1, -0.05) is 43.3 Å². The van der Waals surface area contributed by atoms with Gasteiger partial charge < -0.3 is 10.2 Å². The summed E-state index contributed by atoms with van der Waals surface area (Å²) in [7, 11) is 0. The van der Waals surface area contributed by atoms with Gasteiger partial charge in [0, 0.05) is 0 Å². The van der Waals surface area contributed by atoms with Crippen molar-refractivity contribution in [1.29, 1.82) is 0 Å². The van der Waals surface area contributed by atoms with Gasteiger partial charge in [-0.3, -0.25) is 4.79 Å². The van der Waals surface area contributed by atoms with E-state index in [-0.39, 0.29) is 11.9 Å². The largest absolute Gasteiger partial charge is 0.329 e. The zero-order valence-electron chi connectivity index (χ0n) is 16.1. The van der Waals surface area contributed by atoms with Crippen molar-refractivity contribution in [2.75, 3.05) is 13.2 Å². The molecule has 0 radical (unpaired) electrons. The minimum Gasteiger partial charge on any atom is -0.319 e. The van der Waals surface area contributed by atoms with E-state index in [1.807, 2.05) is 49.4 Å². The molecule has 3 amide bonds. The van der Waals surface area contributed by atoms with Gasteiger partial charge in [0.1, 0.15) is 5.54 Å². The second kappa shape index (κ2) is 6.97. The highest BCUT2D eigenvalue weighted by molar-refractivity contribution is 6.07. The Morgan fingerprint density at radius 2 is 1.93 bits per heavy atom. The Balaban J connectivity index is 1.60. The fraction of sp³-hybridized carbons (Fsp3) is 0.455. The molecule has 2 saturated heterocycles. The summed E-state index contributed by atoms with van der Waals surface area (Å²) in [5, 5.41) is 5.16. The van der Waals surface area contributed by atoms with Crippen LogP contribution < -0.4 is 10.2 Å². The SMILES string of the molecule is CC[C@H]1CCCC[NH+]1CN1C(=O)N[C@](C)(c2ccc3ccccc3c2)C1=O. The predicted molar refractivity (Wildman–Crippen MR) is 105 cm³/mol. The number of likely N-dealkylation sites (tertiary alicyclic amines) is 1. The van der Waals surface area contributed by atoms with Crippen LogP contribution in [-0.4, -0.2) is 36.1 Å². The molecule has 2 N–H and O–H groups in total. The molecule has 5 heteroatoms. The summed E-state index contributed by atoms with van der Waals surface area (Å²) in [4.78, 5) is 28.7. The Bertz CT molecular complexity index is 881. The summed E-state index contributed by atoms with van der Waals surface area (Å²) in [6.07, 6.45) is 4.67. The smallest absolute Gasteiger partial charge is 0.319 e. The van der Waals surface area contributed by atoms with E-state index in [4.69, 9.17) is 0 Å². The van der Waals surface area contributed by atoms with Crippen LogP contribution in [0.15, 0.2) is 42.5 Å². The van der Waals surface area contributed by atoms with Crippen LogP contribution in [0.4, 0.5) is 4.79 Å². The topological polar surface area (TPSA) is 53.9 Å². The molecule has 0 aromatic heterocycles. The Morgan fingerprint density at radius 3 is 2.70 bits per heavy atom. The van der Waals surface area contributed by atoms with Crippen LogP contribution in [0.5, 0.6) is 0 Å². The highest BCUT2D eigenvalue weighted by atomic mass is 16.2. The first-order valence-corrected chi connectivity index (χ1v) is 10.0. The molecular formula is C22H28N3O2+. The fourth-order valence-corrected chi connectivity index (χ4v) is 4.59. The summed E-state index contributed by atoms with van der Waals surface area (Å²) in [6, 6.07) is 14.3. The number of imide groups is 1. The van der Waals surface area contributed by atoms with Crippen molar-refractivity contribution in [3.05, 3.63) is 48.0 Å². The molecule has 3 atom stereocenters. The number of hydrogen-bond acceptors (Lipinski definition) is 2. The van der Waals surface area contributed by atoms with Gasteiger partial charge in [0.15, 0.2) is 6.67 Å². The van der Waals surface area contributed by atoms with E-state index in [9.17, 15) is 9.59 Å². The minimum atomic E-state index is -1.00.